The van der Waals surface area contributed by atoms with Crippen LogP contribution in [0.2, 0.25) is 0 Å². The summed E-state index contributed by atoms with van der Waals surface area (Å²) in [6, 6.07) is 8.23. The summed E-state index contributed by atoms with van der Waals surface area (Å²) < 4.78 is 0. The van der Waals surface area contributed by atoms with Crippen molar-refractivity contribution >= 4 is 0 Å². The second kappa shape index (κ2) is 3.83. The summed E-state index contributed by atoms with van der Waals surface area (Å²) in [7, 11) is 0. The maximum Gasteiger partial charge on any atom is 0.130 e. The predicted octanol–water partition coefficient (Wildman–Crippen LogP) is 0.695. The van der Waals surface area contributed by atoms with Crippen LogP contribution in [0, 0.1) is 12.3 Å². The van der Waals surface area contributed by atoms with Crippen LogP contribution in [-0.2, 0) is 13.0 Å². The Morgan fingerprint density at radius 1 is 1.43 bits per heavy atom. The molecule has 2 rings (SSSR count). The van der Waals surface area contributed by atoms with E-state index in [9.17, 15) is 5.11 Å². The third-order valence-electron chi connectivity index (χ3n) is 2.66. The van der Waals surface area contributed by atoms with Crippen molar-refractivity contribution in [3.63, 3.8) is 0 Å². The molecule has 0 radical (unpaired) electrons. The highest BCUT2D eigenvalue weighted by Gasteiger charge is 2.22. The van der Waals surface area contributed by atoms with Gasteiger partial charge in [0, 0.05) is 12.6 Å². The molecule has 1 aliphatic heterocycles. The molecule has 0 saturated heterocycles. The van der Waals surface area contributed by atoms with Gasteiger partial charge in [0.25, 0.3) is 0 Å². The van der Waals surface area contributed by atoms with Crippen LogP contribution in [0.15, 0.2) is 24.3 Å². The molecule has 0 bridgehead atoms. The average Bonchev–Trinajstić information content (AvgIpc) is 2.27. The van der Waals surface area contributed by atoms with Gasteiger partial charge < -0.3 is 10.4 Å². The molecule has 0 spiro atoms. The normalized spacial score (nSPS) is 22.1. The third kappa shape index (κ3) is 1.65. The number of hydrogen-bond donors (Lipinski definition) is 2. The molecule has 0 amide bonds. The van der Waals surface area contributed by atoms with Gasteiger partial charge in [0.1, 0.15) is 6.10 Å². The molecule has 2 nitrogen and oxygen atoms in total. The Morgan fingerprint density at radius 2 is 2.14 bits per heavy atom. The molecule has 14 heavy (non-hydrogen) atoms. The van der Waals surface area contributed by atoms with Crippen LogP contribution in [0.4, 0.5) is 0 Å². The molecule has 2 heteroatoms. The summed E-state index contributed by atoms with van der Waals surface area (Å²) in [5.74, 6) is 2.36. The lowest BCUT2D eigenvalue weighted by atomic mass is 9.93. The molecule has 0 saturated carbocycles. The Hall–Kier alpha value is -1.30. The minimum Gasteiger partial charge on any atom is -0.379 e. The lowest BCUT2D eigenvalue weighted by molar-refractivity contribution is 0.174. The van der Waals surface area contributed by atoms with Crippen molar-refractivity contribution in [3.05, 3.63) is 35.4 Å². The summed E-state index contributed by atoms with van der Waals surface area (Å²) >= 11 is 0. The summed E-state index contributed by atoms with van der Waals surface area (Å²) in [4.78, 5) is 0. The average molecular weight is 187 g/mol. The predicted molar refractivity (Wildman–Crippen MR) is 55.6 cm³/mol. The lowest BCUT2D eigenvalue weighted by Crippen LogP contribution is -2.43. The number of aliphatic hydroxyl groups is 1. The topological polar surface area (TPSA) is 32.3 Å². The monoisotopic (exact) mass is 187 g/mol. The highest BCUT2D eigenvalue weighted by molar-refractivity contribution is 5.30. The Balaban J connectivity index is 2.18. The van der Waals surface area contributed by atoms with E-state index in [4.69, 9.17) is 6.42 Å². The Morgan fingerprint density at radius 3 is 2.86 bits per heavy atom. The fourth-order valence-electron chi connectivity index (χ4n) is 1.82. The molecule has 1 aromatic carbocycles. The van der Waals surface area contributed by atoms with Gasteiger partial charge in [0.2, 0.25) is 0 Å². The lowest BCUT2D eigenvalue weighted by Gasteiger charge is -2.27. The molecule has 2 atom stereocenters. The highest BCUT2D eigenvalue weighted by atomic mass is 16.3. The van der Waals surface area contributed by atoms with Gasteiger partial charge in [-0.1, -0.05) is 30.2 Å². The first-order valence-electron chi connectivity index (χ1n) is 4.75. The summed E-state index contributed by atoms with van der Waals surface area (Å²) in [5.41, 5.74) is 2.58. The van der Waals surface area contributed by atoms with Crippen LogP contribution < -0.4 is 5.32 Å². The second-order valence-electron chi connectivity index (χ2n) is 3.57. The van der Waals surface area contributed by atoms with E-state index in [2.05, 4.69) is 23.4 Å². The van der Waals surface area contributed by atoms with Gasteiger partial charge in [-0.05, 0) is 17.5 Å². The zero-order valence-corrected chi connectivity index (χ0v) is 7.90. The fourth-order valence-corrected chi connectivity index (χ4v) is 1.82. The van der Waals surface area contributed by atoms with Gasteiger partial charge in [-0.2, -0.15) is 0 Å². The smallest absolute Gasteiger partial charge is 0.130 e. The number of aliphatic hydroxyl groups excluding tert-OH is 1. The van der Waals surface area contributed by atoms with E-state index >= 15 is 0 Å². The molecule has 1 aliphatic rings. The van der Waals surface area contributed by atoms with Crippen molar-refractivity contribution in [3.8, 4) is 12.3 Å². The number of rotatable bonds is 1. The van der Waals surface area contributed by atoms with Gasteiger partial charge in [-0.3, -0.25) is 0 Å². The first-order chi connectivity index (χ1) is 6.81. The Labute approximate surface area is 84.0 Å². The molecule has 2 unspecified atom stereocenters. The molecule has 0 aliphatic carbocycles. The van der Waals surface area contributed by atoms with Crippen molar-refractivity contribution < 1.29 is 5.11 Å². The minimum absolute atomic E-state index is 0.00472. The van der Waals surface area contributed by atoms with Gasteiger partial charge >= 0.3 is 0 Å². The van der Waals surface area contributed by atoms with Gasteiger partial charge in [0.15, 0.2) is 0 Å². The quantitative estimate of drug-likeness (QED) is 0.634. The fraction of sp³-hybridized carbons (Fsp3) is 0.333. The molecule has 0 aromatic heterocycles. The van der Waals surface area contributed by atoms with Crippen LogP contribution in [0.5, 0.6) is 0 Å². The first-order valence-corrected chi connectivity index (χ1v) is 4.75. The van der Waals surface area contributed by atoms with Crippen LogP contribution in [0.3, 0.4) is 0 Å². The zero-order chi connectivity index (χ0) is 9.97. The Bertz CT molecular complexity index is 367. The van der Waals surface area contributed by atoms with Crippen molar-refractivity contribution in [2.75, 3.05) is 0 Å². The number of fused-ring (bicyclic) bond motifs is 1. The largest absolute Gasteiger partial charge is 0.379 e. The van der Waals surface area contributed by atoms with Crippen molar-refractivity contribution in [1.82, 2.24) is 5.32 Å². The van der Waals surface area contributed by atoms with E-state index in [1.807, 2.05) is 12.1 Å². The Kier molecular flexibility index (Phi) is 2.53. The maximum absolute atomic E-state index is 9.51. The third-order valence-corrected chi connectivity index (χ3v) is 2.66. The number of nitrogens with one attached hydrogen (secondary N) is 1. The van der Waals surface area contributed by atoms with Gasteiger partial charge in [-0.15, -0.1) is 6.42 Å². The standard InChI is InChI=1S/C12H13NO/c1-2-12(14)11-7-9-5-3-4-6-10(9)8-13-11/h1,3-6,11-14H,7-8H2. The van der Waals surface area contributed by atoms with Crippen LogP contribution >= 0.6 is 0 Å². The highest BCUT2D eigenvalue weighted by Crippen LogP contribution is 2.17. The maximum atomic E-state index is 9.51. The van der Waals surface area contributed by atoms with E-state index in [1.54, 1.807) is 0 Å². The van der Waals surface area contributed by atoms with E-state index in [-0.39, 0.29) is 6.04 Å². The van der Waals surface area contributed by atoms with E-state index in [0.717, 1.165) is 13.0 Å². The number of terminal acetylenes is 1. The van der Waals surface area contributed by atoms with E-state index in [1.165, 1.54) is 11.1 Å². The molecule has 1 heterocycles. The summed E-state index contributed by atoms with van der Waals surface area (Å²) in [6.45, 7) is 0.791. The van der Waals surface area contributed by atoms with E-state index < -0.39 is 6.10 Å². The number of benzene rings is 1. The second-order valence-corrected chi connectivity index (χ2v) is 3.57. The molecular weight excluding hydrogens is 174 g/mol. The molecule has 72 valence electrons. The van der Waals surface area contributed by atoms with E-state index in [0.29, 0.717) is 0 Å². The van der Waals surface area contributed by atoms with Crippen molar-refractivity contribution in [2.24, 2.45) is 0 Å². The van der Waals surface area contributed by atoms with Crippen LogP contribution in [-0.4, -0.2) is 17.3 Å². The number of hydrogen-bond acceptors (Lipinski definition) is 2. The summed E-state index contributed by atoms with van der Waals surface area (Å²) in [6.07, 6.45) is 5.30. The molecular formula is C12H13NO. The van der Waals surface area contributed by atoms with Gasteiger partial charge in [-0.25, -0.2) is 0 Å². The van der Waals surface area contributed by atoms with Gasteiger partial charge in [0.05, 0.1) is 0 Å². The molecule has 2 N–H and O–H groups in total. The van der Waals surface area contributed by atoms with Crippen molar-refractivity contribution in [2.45, 2.75) is 25.1 Å². The van der Waals surface area contributed by atoms with Crippen LogP contribution in [0.25, 0.3) is 0 Å². The SMILES string of the molecule is C#CC(O)C1Cc2ccccc2CN1. The zero-order valence-electron chi connectivity index (χ0n) is 7.90. The molecule has 1 aromatic rings. The minimum atomic E-state index is -0.691. The van der Waals surface area contributed by atoms with Crippen molar-refractivity contribution in [1.29, 1.82) is 0 Å². The first kappa shape index (κ1) is 9.26. The molecule has 0 fully saturated rings. The summed E-state index contributed by atoms with van der Waals surface area (Å²) in [5, 5.41) is 12.7. The van der Waals surface area contributed by atoms with Crippen LogP contribution in [0.1, 0.15) is 11.1 Å².